The van der Waals surface area contributed by atoms with E-state index < -0.39 is 0 Å². The zero-order valence-corrected chi connectivity index (χ0v) is 17.7. The summed E-state index contributed by atoms with van der Waals surface area (Å²) < 4.78 is 11.1. The molecule has 0 aliphatic heterocycles. The van der Waals surface area contributed by atoms with E-state index in [0.717, 1.165) is 18.7 Å². The summed E-state index contributed by atoms with van der Waals surface area (Å²) in [6.45, 7) is 4.28. The number of hydrogen-bond acceptors (Lipinski definition) is 7. The molecule has 3 aromatic rings. The van der Waals surface area contributed by atoms with Gasteiger partial charge >= 0.3 is 0 Å². The van der Waals surface area contributed by atoms with Crippen molar-refractivity contribution in [3.8, 4) is 5.75 Å². The fraction of sp³-hybridized carbons (Fsp3) is 0.400. The third-order valence-electron chi connectivity index (χ3n) is 4.58. The number of hydrogen-bond donors (Lipinski definition) is 1. The number of aromatic nitrogens is 3. The monoisotopic (exact) mass is 432 g/mol. The Kier molecular flexibility index (Phi) is 5.82. The Hall–Kier alpha value is -2.45. The van der Waals surface area contributed by atoms with E-state index in [1.807, 2.05) is 13.8 Å². The Balaban J connectivity index is 1.38. The quantitative estimate of drug-likeness (QED) is 0.551. The van der Waals surface area contributed by atoms with E-state index in [1.54, 1.807) is 29.6 Å². The van der Waals surface area contributed by atoms with Crippen LogP contribution in [0.25, 0.3) is 0 Å². The van der Waals surface area contributed by atoms with Crippen molar-refractivity contribution in [2.75, 3.05) is 0 Å². The minimum Gasteiger partial charge on any atom is -0.486 e. The molecule has 1 fully saturated rings. The van der Waals surface area contributed by atoms with Gasteiger partial charge < -0.3 is 14.6 Å². The SMILES string of the molecule is CC(C)C(NC(=O)c1csc(COc2ccc(Cl)cc2)n1)c1nc(C2CC2)no1. The summed E-state index contributed by atoms with van der Waals surface area (Å²) in [4.78, 5) is 21.6. The summed E-state index contributed by atoms with van der Waals surface area (Å²) >= 11 is 7.24. The molecule has 1 amide bonds. The van der Waals surface area contributed by atoms with Gasteiger partial charge in [-0.3, -0.25) is 4.79 Å². The van der Waals surface area contributed by atoms with Crippen LogP contribution in [0.3, 0.4) is 0 Å². The first-order chi connectivity index (χ1) is 14.0. The molecule has 1 saturated carbocycles. The van der Waals surface area contributed by atoms with Gasteiger partial charge in [0.1, 0.15) is 29.1 Å². The van der Waals surface area contributed by atoms with Crippen molar-refractivity contribution in [3.05, 3.63) is 57.1 Å². The molecule has 0 saturated heterocycles. The third kappa shape index (κ3) is 4.94. The number of carbonyl (C=O) groups excluding carboxylic acids is 1. The number of thiazole rings is 1. The second kappa shape index (κ2) is 8.51. The maximum Gasteiger partial charge on any atom is 0.271 e. The highest BCUT2D eigenvalue weighted by molar-refractivity contribution is 7.09. The van der Waals surface area contributed by atoms with Crippen LogP contribution in [-0.2, 0) is 6.61 Å². The normalized spacial score (nSPS) is 14.8. The molecule has 1 unspecified atom stereocenters. The van der Waals surface area contributed by atoms with Gasteiger partial charge in [-0.2, -0.15) is 4.98 Å². The van der Waals surface area contributed by atoms with Gasteiger partial charge in [-0.1, -0.05) is 30.6 Å². The van der Waals surface area contributed by atoms with E-state index >= 15 is 0 Å². The predicted octanol–water partition coefficient (Wildman–Crippen LogP) is 4.76. The van der Waals surface area contributed by atoms with E-state index in [1.165, 1.54) is 11.3 Å². The van der Waals surface area contributed by atoms with Gasteiger partial charge in [-0.15, -0.1) is 11.3 Å². The summed E-state index contributed by atoms with van der Waals surface area (Å²) in [5.74, 6) is 2.09. The minimum atomic E-state index is -0.363. The number of nitrogens with zero attached hydrogens (tertiary/aromatic N) is 3. The molecule has 9 heteroatoms. The highest BCUT2D eigenvalue weighted by Gasteiger charge is 2.32. The lowest BCUT2D eigenvalue weighted by Crippen LogP contribution is -2.32. The van der Waals surface area contributed by atoms with Crippen LogP contribution in [-0.4, -0.2) is 21.0 Å². The zero-order chi connectivity index (χ0) is 20.4. The average molecular weight is 433 g/mol. The number of amides is 1. The first-order valence-corrected chi connectivity index (χ1v) is 10.7. The van der Waals surface area contributed by atoms with Gasteiger partial charge in [0, 0.05) is 16.3 Å². The van der Waals surface area contributed by atoms with Crippen LogP contribution in [0.15, 0.2) is 34.2 Å². The lowest BCUT2D eigenvalue weighted by atomic mass is 10.0. The molecule has 1 aromatic carbocycles. The molecule has 0 spiro atoms. The van der Waals surface area contributed by atoms with Crippen molar-refractivity contribution in [2.24, 2.45) is 5.92 Å². The largest absolute Gasteiger partial charge is 0.486 e. The van der Waals surface area contributed by atoms with Crippen LogP contribution in [0.2, 0.25) is 5.02 Å². The highest BCUT2D eigenvalue weighted by atomic mass is 35.5. The maximum atomic E-state index is 12.7. The molecule has 152 valence electrons. The van der Waals surface area contributed by atoms with Gasteiger partial charge in [-0.25, -0.2) is 4.98 Å². The van der Waals surface area contributed by atoms with Gasteiger partial charge in [0.25, 0.3) is 5.91 Å². The standard InChI is InChI=1S/C20H21ClN4O3S/c1-11(2)17(20-24-18(25-28-20)12-3-4-12)23-19(26)15-10-29-16(22-15)9-27-14-7-5-13(21)6-8-14/h5-8,10-12,17H,3-4,9H2,1-2H3,(H,23,26). The van der Waals surface area contributed by atoms with Crippen molar-refractivity contribution in [1.82, 2.24) is 20.4 Å². The second-order valence-corrected chi connectivity index (χ2v) is 8.71. The predicted molar refractivity (Wildman–Crippen MR) is 109 cm³/mol. The Bertz CT molecular complexity index is 982. The molecule has 1 atom stereocenters. The Morgan fingerprint density at radius 2 is 2.07 bits per heavy atom. The molecule has 2 heterocycles. The number of ether oxygens (including phenoxy) is 1. The molecule has 0 radical (unpaired) electrons. The molecular formula is C20H21ClN4O3S. The Morgan fingerprint density at radius 3 is 2.76 bits per heavy atom. The summed E-state index contributed by atoms with van der Waals surface area (Å²) in [6, 6.07) is 6.73. The topological polar surface area (TPSA) is 90.1 Å². The molecule has 29 heavy (non-hydrogen) atoms. The Morgan fingerprint density at radius 1 is 1.31 bits per heavy atom. The van der Waals surface area contributed by atoms with Crippen LogP contribution < -0.4 is 10.1 Å². The summed E-state index contributed by atoms with van der Waals surface area (Å²) in [6.07, 6.45) is 2.19. The van der Waals surface area contributed by atoms with Crippen LogP contribution in [0.4, 0.5) is 0 Å². The molecular weight excluding hydrogens is 412 g/mol. The fourth-order valence-electron chi connectivity index (χ4n) is 2.77. The fourth-order valence-corrected chi connectivity index (χ4v) is 3.58. The number of benzene rings is 1. The van der Waals surface area contributed by atoms with Gasteiger partial charge in [0.15, 0.2) is 5.82 Å². The average Bonchev–Trinajstić information content (AvgIpc) is 3.25. The molecule has 1 aliphatic rings. The molecule has 2 aromatic heterocycles. The Labute approximate surface area is 177 Å². The molecule has 0 bridgehead atoms. The van der Waals surface area contributed by atoms with E-state index in [2.05, 4.69) is 20.4 Å². The summed E-state index contributed by atoms with van der Waals surface area (Å²) in [5, 5.41) is 10.1. The highest BCUT2D eigenvalue weighted by Crippen LogP contribution is 2.38. The summed E-state index contributed by atoms with van der Waals surface area (Å²) in [7, 11) is 0. The molecule has 1 aliphatic carbocycles. The number of rotatable bonds is 8. The molecule has 1 N–H and O–H groups in total. The van der Waals surface area contributed by atoms with Crippen LogP contribution in [0, 0.1) is 5.92 Å². The smallest absolute Gasteiger partial charge is 0.271 e. The zero-order valence-electron chi connectivity index (χ0n) is 16.1. The lowest BCUT2D eigenvalue weighted by molar-refractivity contribution is 0.0909. The van der Waals surface area contributed by atoms with Crippen molar-refractivity contribution in [1.29, 1.82) is 0 Å². The van der Waals surface area contributed by atoms with Crippen molar-refractivity contribution in [2.45, 2.75) is 45.3 Å². The molecule has 4 rings (SSSR count). The van der Waals surface area contributed by atoms with Crippen molar-refractivity contribution in [3.63, 3.8) is 0 Å². The number of halogens is 1. The maximum absolute atomic E-state index is 12.7. The number of nitrogens with one attached hydrogen (secondary N) is 1. The minimum absolute atomic E-state index is 0.0952. The lowest BCUT2D eigenvalue weighted by Gasteiger charge is -2.17. The van der Waals surface area contributed by atoms with E-state index in [4.69, 9.17) is 20.9 Å². The van der Waals surface area contributed by atoms with Crippen LogP contribution >= 0.6 is 22.9 Å². The van der Waals surface area contributed by atoms with Crippen LogP contribution in [0.5, 0.6) is 5.75 Å². The molecule has 7 nitrogen and oxygen atoms in total. The van der Waals surface area contributed by atoms with Gasteiger partial charge in [0.05, 0.1) is 0 Å². The van der Waals surface area contributed by atoms with E-state index in [0.29, 0.717) is 33.3 Å². The van der Waals surface area contributed by atoms with E-state index in [9.17, 15) is 4.79 Å². The van der Waals surface area contributed by atoms with Crippen molar-refractivity contribution < 1.29 is 14.1 Å². The second-order valence-electron chi connectivity index (χ2n) is 7.33. The van der Waals surface area contributed by atoms with Gasteiger partial charge in [0.2, 0.25) is 5.89 Å². The van der Waals surface area contributed by atoms with Crippen molar-refractivity contribution >= 4 is 28.8 Å². The summed E-state index contributed by atoms with van der Waals surface area (Å²) in [5.41, 5.74) is 0.345. The first-order valence-electron chi connectivity index (χ1n) is 9.46. The third-order valence-corrected chi connectivity index (χ3v) is 5.65. The first kappa shape index (κ1) is 19.8. The van der Waals surface area contributed by atoms with Gasteiger partial charge in [-0.05, 0) is 43.0 Å². The van der Waals surface area contributed by atoms with E-state index in [-0.39, 0.29) is 24.5 Å². The number of carbonyl (C=O) groups is 1. The van der Waals surface area contributed by atoms with Crippen LogP contribution in [0.1, 0.15) is 65.9 Å².